The van der Waals surface area contributed by atoms with Gasteiger partial charge in [0.05, 0.1) is 18.0 Å². The van der Waals surface area contributed by atoms with E-state index in [1.54, 1.807) is 12.5 Å². The number of pyridine rings is 1. The van der Waals surface area contributed by atoms with E-state index in [1.165, 1.54) is 0 Å². The summed E-state index contributed by atoms with van der Waals surface area (Å²) in [6.07, 6.45) is 7.13. The molecule has 1 aromatic carbocycles. The molecule has 1 amide bonds. The highest BCUT2D eigenvalue weighted by Gasteiger charge is 2.25. The van der Waals surface area contributed by atoms with Crippen molar-refractivity contribution in [3.63, 3.8) is 0 Å². The van der Waals surface area contributed by atoms with Gasteiger partial charge < -0.3 is 9.73 Å². The average molecular weight is 402 g/mol. The third-order valence-corrected chi connectivity index (χ3v) is 5.84. The maximum Gasteiger partial charge on any atom is 0.251 e. The first-order valence-electron chi connectivity index (χ1n) is 10.2. The van der Waals surface area contributed by atoms with Crippen LogP contribution < -0.4 is 5.32 Å². The van der Waals surface area contributed by atoms with Crippen LogP contribution in [-0.2, 0) is 0 Å². The lowest BCUT2D eigenvalue weighted by atomic mass is 9.91. The summed E-state index contributed by atoms with van der Waals surface area (Å²) in [4.78, 5) is 17.2. The highest BCUT2D eigenvalue weighted by molar-refractivity contribution is 5.96. The Kier molecular flexibility index (Phi) is 4.74. The third kappa shape index (κ3) is 3.45. The summed E-state index contributed by atoms with van der Waals surface area (Å²) >= 11 is 0. The van der Waals surface area contributed by atoms with Crippen molar-refractivity contribution in [2.75, 3.05) is 0 Å². The van der Waals surface area contributed by atoms with Crippen molar-refractivity contribution in [1.82, 2.24) is 30.5 Å². The largest absolute Gasteiger partial charge is 0.464 e. The SMILES string of the molecule is Cc1nnnn1[C@H]1CC[C@H](NC(=O)c2ccc(-c3nccc4occc34)cc2)CC1. The van der Waals surface area contributed by atoms with Crippen LogP contribution in [-0.4, -0.2) is 37.1 Å². The Morgan fingerprint density at radius 1 is 1.10 bits per heavy atom. The lowest BCUT2D eigenvalue weighted by molar-refractivity contribution is 0.0921. The number of carbonyl (C=O) groups is 1. The quantitative estimate of drug-likeness (QED) is 0.559. The van der Waals surface area contributed by atoms with Gasteiger partial charge >= 0.3 is 0 Å². The van der Waals surface area contributed by atoms with Crippen molar-refractivity contribution in [3.8, 4) is 11.3 Å². The molecule has 0 saturated heterocycles. The molecule has 3 aromatic heterocycles. The molecular weight excluding hydrogens is 380 g/mol. The van der Waals surface area contributed by atoms with Gasteiger partial charge in [-0.15, -0.1) is 5.10 Å². The van der Waals surface area contributed by atoms with E-state index in [1.807, 2.05) is 48.0 Å². The molecule has 1 aliphatic carbocycles. The van der Waals surface area contributed by atoms with Gasteiger partial charge in [-0.05, 0) is 67.3 Å². The first kappa shape index (κ1) is 18.5. The van der Waals surface area contributed by atoms with Crippen LogP contribution in [0.2, 0.25) is 0 Å². The zero-order valence-corrected chi connectivity index (χ0v) is 16.7. The number of tetrazole rings is 1. The zero-order chi connectivity index (χ0) is 20.5. The lowest BCUT2D eigenvalue weighted by Gasteiger charge is -2.29. The number of carbonyl (C=O) groups excluding carboxylic acids is 1. The monoisotopic (exact) mass is 402 g/mol. The Balaban J connectivity index is 1.23. The molecule has 4 aromatic rings. The molecule has 8 nitrogen and oxygen atoms in total. The molecule has 0 aliphatic heterocycles. The molecule has 1 fully saturated rings. The van der Waals surface area contributed by atoms with Gasteiger partial charge in [0.2, 0.25) is 0 Å². The normalized spacial score (nSPS) is 19.1. The number of aryl methyl sites for hydroxylation is 1. The number of hydrogen-bond donors (Lipinski definition) is 1. The number of nitrogens with zero attached hydrogens (tertiary/aromatic N) is 5. The maximum atomic E-state index is 12.7. The van der Waals surface area contributed by atoms with Crippen molar-refractivity contribution in [2.24, 2.45) is 0 Å². The predicted octanol–water partition coefficient (Wildman–Crippen LogP) is 3.70. The molecule has 1 aliphatic rings. The first-order chi connectivity index (χ1) is 14.7. The molecule has 1 saturated carbocycles. The number of benzene rings is 1. The predicted molar refractivity (Wildman–Crippen MR) is 111 cm³/mol. The summed E-state index contributed by atoms with van der Waals surface area (Å²) in [6, 6.07) is 11.8. The van der Waals surface area contributed by atoms with Crippen LogP contribution in [0.4, 0.5) is 0 Å². The van der Waals surface area contributed by atoms with Crippen LogP contribution in [0, 0.1) is 6.92 Å². The van der Waals surface area contributed by atoms with E-state index >= 15 is 0 Å². The Morgan fingerprint density at radius 3 is 2.63 bits per heavy atom. The van der Waals surface area contributed by atoms with E-state index in [4.69, 9.17) is 4.42 Å². The van der Waals surface area contributed by atoms with Crippen molar-refractivity contribution >= 4 is 16.9 Å². The molecule has 0 radical (unpaired) electrons. The molecule has 30 heavy (non-hydrogen) atoms. The number of rotatable bonds is 4. The van der Waals surface area contributed by atoms with E-state index in [9.17, 15) is 4.79 Å². The third-order valence-electron chi connectivity index (χ3n) is 5.84. The molecule has 0 atom stereocenters. The second kappa shape index (κ2) is 7.70. The van der Waals surface area contributed by atoms with Crippen LogP contribution in [0.1, 0.15) is 47.9 Å². The number of hydrogen-bond acceptors (Lipinski definition) is 6. The molecular formula is C22H22N6O2. The minimum Gasteiger partial charge on any atom is -0.464 e. The lowest BCUT2D eigenvalue weighted by Crippen LogP contribution is -2.38. The smallest absolute Gasteiger partial charge is 0.251 e. The van der Waals surface area contributed by atoms with Gasteiger partial charge in [0.1, 0.15) is 11.4 Å². The summed E-state index contributed by atoms with van der Waals surface area (Å²) in [7, 11) is 0. The topological polar surface area (TPSA) is 98.7 Å². The van der Waals surface area contributed by atoms with Crippen LogP contribution in [0.3, 0.4) is 0 Å². The molecule has 152 valence electrons. The maximum absolute atomic E-state index is 12.7. The zero-order valence-electron chi connectivity index (χ0n) is 16.7. The molecule has 1 N–H and O–H groups in total. The summed E-state index contributed by atoms with van der Waals surface area (Å²) in [5.74, 6) is 0.793. The van der Waals surface area contributed by atoms with Gasteiger partial charge in [-0.1, -0.05) is 12.1 Å². The second-order valence-electron chi connectivity index (χ2n) is 7.72. The van der Waals surface area contributed by atoms with Gasteiger partial charge in [0.25, 0.3) is 5.91 Å². The number of fused-ring (bicyclic) bond motifs is 1. The average Bonchev–Trinajstić information content (AvgIpc) is 3.43. The van der Waals surface area contributed by atoms with Gasteiger partial charge in [0, 0.05) is 28.8 Å². The van der Waals surface area contributed by atoms with E-state index < -0.39 is 0 Å². The standard InChI is InChI=1S/C22H22N6O2/c1-14-25-26-27-28(14)18-8-6-17(7-9-18)24-22(29)16-4-2-15(3-5-16)21-19-11-13-30-20(19)10-12-23-21/h2-5,10-13,17-18H,6-9H2,1H3,(H,24,29)/t17-,18-. The van der Waals surface area contributed by atoms with Gasteiger partial charge in [-0.3, -0.25) is 9.78 Å². The summed E-state index contributed by atoms with van der Waals surface area (Å²) in [5.41, 5.74) is 3.26. The van der Waals surface area contributed by atoms with Crippen LogP contribution in [0.25, 0.3) is 22.2 Å². The van der Waals surface area contributed by atoms with Gasteiger partial charge in [-0.2, -0.15) is 0 Å². The molecule has 0 spiro atoms. The molecule has 8 heteroatoms. The fourth-order valence-corrected chi connectivity index (χ4v) is 4.21. The van der Waals surface area contributed by atoms with Crippen LogP contribution >= 0.6 is 0 Å². The minimum absolute atomic E-state index is 0.0434. The first-order valence-corrected chi connectivity index (χ1v) is 10.2. The summed E-state index contributed by atoms with van der Waals surface area (Å²) in [6.45, 7) is 1.92. The molecule has 0 bridgehead atoms. The van der Waals surface area contributed by atoms with Crippen molar-refractivity contribution in [1.29, 1.82) is 0 Å². The Hall–Kier alpha value is -3.55. The van der Waals surface area contributed by atoms with Gasteiger partial charge in [0.15, 0.2) is 0 Å². The fourth-order valence-electron chi connectivity index (χ4n) is 4.21. The number of furan rings is 1. The van der Waals surface area contributed by atoms with E-state index in [0.29, 0.717) is 11.6 Å². The Morgan fingerprint density at radius 2 is 1.90 bits per heavy atom. The molecule has 3 heterocycles. The van der Waals surface area contributed by atoms with Crippen molar-refractivity contribution in [3.05, 3.63) is 60.2 Å². The minimum atomic E-state index is -0.0434. The van der Waals surface area contributed by atoms with E-state index in [2.05, 4.69) is 25.8 Å². The van der Waals surface area contributed by atoms with Crippen LogP contribution in [0.15, 0.2) is 53.3 Å². The highest BCUT2D eigenvalue weighted by atomic mass is 16.3. The van der Waals surface area contributed by atoms with E-state index in [-0.39, 0.29) is 11.9 Å². The molecule has 5 rings (SSSR count). The van der Waals surface area contributed by atoms with Gasteiger partial charge in [-0.25, -0.2) is 4.68 Å². The fraction of sp³-hybridized carbons (Fsp3) is 0.318. The van der Waals surface area contributed by atoms with Crippen LogP contribution in [0.5, 0.6) is 0 Å². The highest BCUT2D eigenvalue weighted by Crippen LogP contribution is 2.29. The Bertz CT molecular complexity index is 1170. The summed E-state index contributed by atoms with van der Waals surface area (Å²) < 4.78 is 7.34. The van der Waals surface area contributed by atoms with E-state index in [0.717, 1.165) is 53.7 Å². The van der Waals surface area contributed by atoms with Crippen molar-refractivity contribution < 1.29 is 9.21 Å². The molecule has 0 unspecified atom stereocenters. The number of amides is 1. The second-order valence-corrected chi connectivity index (χ2v) is 7.72. The van der Waals surface area contributed by atoms with Crippen molar-refractivity contribution in [2.45, 2.75) is 44.7 Å². The number of aromatic nitrogens is 5. The Labute approximate surface area is 173 Å². The number of nitrogens with one attached hydrogen (secondary N) is 1. The summed E-state index contributed by atoms with van der Waals surface area (Å²) in [5, 5.41) is 15.9.